The molecule has 1 amide bonds. The Morgan fingerprint density at radius 1 is 1.44 bits per heavy atom. The number of allylic oxidation sites excluding steroid dienone is 1. The van der Waals surface area contributed by atoms with Crippen LogP contribution < -0.4 is 5.32 Å². The molecule has 0 aromatic heterocycles. The van der Waals surface area contributed by atoms with Gasteiger partial charge in [-0.25, -0.2) is 0 Å². The van der Waals surface area contributed by atoms with E-state index in [4.69, 9.17) is 4.74 Å². The van der Waals surface area contributed by atoms with Crippen molar-refractivity contribution in [2.45, 2.75) is 27.4 Å². The lowest BCUT2D eigenvalue weighted by Crippen LogP contribution is -2.07. The highest BCUT2D eigenvalue weighted by Gasteiger charge is 2.02. The van der Waals surface area contributed by atoms with Crippen molar-refractivity contribution >= 4 is 11.6 Å². The van der Waals surface area contributed by atoms with Gasteiger partial charge in [-0.2, -0.15) is 0 Å². The SMILES string of the molecule is C=C(C)OCc1ccc(C)c(NC(C)=O)c1. The summed E-state index contributed by atoms with van der Waals surface area (Å²) in [5.41, 5.74) is 2.88. The molecular weight excluding hydrogens is 202 g/mol. The number of hydrogen-bond acceptors (Lipinski definition) is 2. The first kappa shape index (κ1) is 12.3. The summed E-state index contributed by atoms with van der Waals surface area (Å²) in [6.45, 7) is 9.40. The maximum absolute atomic E-state index is 11.0. The minimum atomic E-state index is -0.0685. The molecule has 0 atom stereocenters. The van der Waals surface area contributed by atoms with E-state index < -0.39 is 0 Å². The van der Waals surface area contributed by atoms with Crippen molar-refractivity contribution in [1.82, 2.24) is 0 Å². The Morgan fingerprint density at radius 2 is 2.12 bits per heavy atom. The summed E-state index contributed by atoms with van der Waals surface area (Å²) in [6, 6.07) is 5.85. The smallest absolute Gasteiger partial charge is 0.221 e. The molecular formula is C13H17NO2. The molecule has 0 bridgehead atoms. The maximum Gasteiger partial charge on any atom is 0.221 e. The molecule has 0 heterocycles. The predicted octanol–water partition coefficient (Wildman–Crippen LogP) is 3.00. The number of ether oxygens (including phenoxy) is 1. The molecule has 0 aliphatic carbocycles. The molecule has 86 valence electrons. The second-order valence-electron chi connectivity index (χ2n) is 3.82. The molecule has 0 saturated carbocycles. The van der Waals surface area contributed by atoms with Crippen molar-refractivity contribution in [3.63, 3.8) is 0 Å². The first-order chi connectivity index (χ1) is 7.49. The number of carbonyl (C=O) groups excluding carboxylic acids is 1. The molecule has 16 heavy (non-hydrogen) atoms. The van der Waals surface area contributed by atoms with Gasteiger partial charge in [0.15, 0.2) is 0 Å². The number of anilines is 1. The summed E-state index contributed by atoms with van der Waals surface area (Å²) < 4.78 is 5.32. The summed E-state index contributed by atoms with van der Waals surface area (Å²) in [6.07, 6.45) is 0. The lowest BCUT2D eigenvalue weighted by Gasteiger charge is -2.10. The number of carbonyl (C=O) groups is 1. The van der Waals surface area contributed by atoms with Gasteiger partial charge in [-0.1, -0.05) is 18.7 Å². The summed E-state index contributed by atoms with van der Waals surface area (Å²) in [4.78, 5) is 11.0. The standard InChI is InChI=1S/C13H17NO2/c1-9(2)16-8-12-6-5-10(3)13(7-12)14-11(4)15/h5-7H,1,8H2,2-4H3,(H,14,15). The zero-order chi connectivity index (χ0) is 12.1. The van der Waals surface area contributed by atoms with Crippen molar-refractivity contribution < 1.29 is 9.53 Å². The average molecular weight is 219 g/mol. The van der Waals surface area contributed by atoms with Crippen LogP contribution in [-0.4, -0.2) is 5.91 Å². The molecule has 0 aliphatic heterocycles. The molecule has 1 rings (SSSR count). The van der Waals surface area contributed by atoms with Crippen LogP contribution in [0.25, 0.3) is 0 Å². The summed E-state index contributed by atoms with van der Waals surface area (Å²) in [5, 5.41) is 2.78. The fraction of sp³-hybridized carbons (Fsp3) is 0.308. The van der Waals surface area contributed by atoms with Crippen molar-refractivity contribution in [3.05, 3.63) is 41.7 Å². The lowest BCUT2D eigenvalue weighted by atomic mass is 10.1. The van der Waals surface area contributed by atoms with Gasteiger partial charge in [0.2, 0.25) is 5.91 Å². The first-order valence-corrected chi connectivity index (χ1v) is 5.14. The van der Waals surface area contributed by atoms with Gasteiger partial charge in [-0.05, 0) is 31.0 Å². The number of aryl methyl sites for hydroxylation is 1. The molecule has 3 nitrogen and oxygen atoms in total. The van der Waals surface area contributed by atoms with Gasteiger partial charge in [0.25, 0.3) is 0 Å². The summed E-state index contributed by atoms with van der Waals surface area (Å²) in [5.74, 6) is 0.614. The van der Waals surface area contributed by atoms with Crippen LogP contribution in [0.1, 0.15) is 25.0 Å². The van der Waals surface area contributed by atoms with Crippen LogP contribution in [0.15, 0.2) is 30.5 Å². The molecule has 0 aliphatic rings. The van der Waals surface area contributed by atoms with E-state index >= 15 is 0 Å². The Bertz CT molecular complexity index is 410. The van der Waals surface area contributed by atoms with Crippen molar-refractivity contribution in [1.29, 1.82) is 0 Å². The minimum absolute atomic E-state index is 0.0685. The van der Waals surface area contributed by atoms with E-state index in [2.05, 4.69) is 11.9 Å². The Labute approximate surface area is 96.1 Å². The third kappa shape index (κ3) is 3.77. The van der Waals surface area contributed by atoms with Gasteiger partial charge in [0, 0.05) is 12.6 Å². The second kappa shape index (κ2) is 5.35. The summed E-state index contributed by atoms with van der Waals surface area (Å²) >= 11 is 0. The third-order valence-electron chi connectivity index (χ3n) is 2.10. The van der Waals surface area contributed by atoms with Crippen LogP contribution >= 0.6 is 0 Å². The van der Waals surface area contributed by atoms with Crippen molar-refractivity contribution in [2.75, 3.05) is 5.32 Å². The van der Waals surface area contributed by atoms with Crippen LogP contribution in [0.3, 0.4) is 0 Å². The van der Waals surface area contributed by atoms with Gasteiger partial charge in [0.1, 0.15) is 6.61 Å². The van der Waals surface area contributed by atoms with Crippen LogP contribution in [-0.2, 0) is 16.1 Å². The average Bonchev–Trinajstić information content (AvgIpc) is 2.18. The Kier molecular flexibility index (Phi) is 4.11. The molecule has 0 fully saturated rings. The van der Waals surface area contributed by atoms with Crippen LogP contribution in [0.2, 0.25) is 0 Å². The van der Waals surface area contributed by atoms with E-state index in [0.29, 0.717) is 12.4 Å². The highest BCUT2D eigenvalue weighted by molar-refractivity contribution is 5.89. The first-order valence-electron chi connectivity index (χ1n) is 5.14. The van der Waals surface area contributed by atoms with E-state index in [1.165, 1.54) is 6.92 Å². The number of nitrogens with one attached hydrogen (secondary N) is 1. The van der Waals surface area contributed by atoms with Crippen LogP contribution in [0, 0.1) is 6.92 Å². The van der Waals surface area contributed by atoms with Gasteiger partial charge in [-0.3, -0.25) is 4.79 Å². The summed E-state index contributed by atoms with van der Waals surface area (Å²) in [7, 11) is 0. The van der Waals surface area contributed by atoms with Crippen molar-refractivity contribution in [2.24, 2.45) is 0 Å². The zero-order valence-corrected chi connectivity index (χ0v) is 9.96. The van der Waals surface area contributed by atoms with E-state index in [1.54, 1.807) is 0 Å². The van der Waals surface area contributed by atoms with Gasteiger partial charge in [-0.15, -0.1) is 0 Å². The molecule has 1 aromatic rings. The maximum atomic E-state index is 11.0. The second-order valence-corrected chi connectivity index (χ2v) is 3.82. The Balaban J connectivity index is 2.80. The molecule has 0 saturated heterocycles. The number of rotatable bonds is 4. The van der Waals surface area contributed by atoms with E-state index in [0.717, 1.165) is 16.8 Å². The molecule has 0 radical (unpaired) electrons. The number of amides is 1. The molecule has 3 heteroatoms. The molecule has 0 spiro atoms. The highest BCUT2D eigenvalue weighted by atomic mass is 16.5. The predicted molar refractivity (Wildman–Crippen MR) is 65.1 cm³/mol. The third-order valence-corrected chi connectivity index (χ3v) is 2.10. The minimum Gasteiger partial charge on any atom is -0.494 e. The van der Waals surface area contributed by atoms with E-state index in [-0.39, 0.29) is 5.91 Å². The van der Waals surface area contributed by atoms with Gasteiger partial charge < -0.3 is 10.1 Å². The molecule has 0 unspecified atom stereocenters. The lowest BCUT2D eigenvalue weighted by molar-refractivity contribution is -0.114. The monoisotopic (exact) mass is 219 g/mol. The quantitative estimate of drug-likeness (QED) is 0.790. The zero-order valence-electron chi connectivity index (χ0n) is 9.96. The largest absolute Gasteiger partial charge is 0.494 e. The van der Waals surface area contributed by atoms with Crippen LogP contribution in [0.5, 0.6) is 0 Å². The Hall–Kier alpha value is -1.77. The normalized spacial score (nSPS) is 9.69. The Morgan fingerprint density at radius 3 is 2.69 bits per heavy atom. The van der Waals surface area contributed by atoms with Crippen molar-refractivity contribution in [3.8, 4) is 0 Å². The topological polar surface area (TPSA) is 38.3 Å². The van der Waals surface area contributed by atoms with Gasteiger partial charge in [0.05, 0.1) is 5.76 Å². The van der Waals surface area contributed by atoms with Crippen LogP contribution in [0.4, 0.5) is 5.69 Å². The van der Waals surface area contributed by atoms with E-state index in [1.807, 2.05) is 32.0 Å². The fourth-order valence-electron chi connectivity index (χ4n) is 1.29. The number of hydrogen-bond donors (Lipinski definition) is 1. The van der Waals surface area contributed by atoms with Gasteiger partial charge >= 0.3 is 0 Å². The number of benzene rings is 1. The molecule has 1 aromatic carbocycles. The fourth-order valence-corrected chi connectivity index (χ4v) is 1.29. The van der Waals surface area contributed by atoms with E-state index in [9.17, 15) is 4.79 Å². The molecule has 1 N–H and O–H groups in total. The highest BCUT2D eigenvalue weighted by Crippen LogP contribution is 2.17.